The van der Waals surface area contributed by atoms with Crippen LogP contribution in [0.1, 0.15) is 24.3 Å². The van der Waals surface area contributed by atoms with Crippen molar-refractivity contribution in [1.29, 1.82) is 0 Å². The smallest absolute Gasteiger partial charge is 0.355 e. The molecule has 2 atom stereocenters. The Morgan fingerprint density at radius 2 is 2.00 bits per heavy atom. The predicted molar refractivity (Wildman–Crippen MR) is 76.5 cm³/mol. The molecule has 0 aromatic heterocycles. The number of carbonyl (C=O) groups excluding carboxylic acids is 2. The number of halogens is 3. The Labute approximate surface area is 131 Å². The van der Waals surface area contributed by atoms with E-state index in [1.165, 1.54) is 4.90 Å². The minimum Gasteiger partial charge on any atom is -0.355 e. The van der Waals surface area contributed by atoms with Crippen LogP contribution >= 0.6 is 0 Å². The Balaban J connectivity index is 1.81. The average molecular weight is 326 g/mol. The summed E-state index contributed by atoms with van der Waals surface area (Å²) >= 11 is 0. The van der Waals surface area contributed by atoms with E-state index in [4.69, 9.17) is 0 Å². The van der Waals surface area contributed by atoms with Gasteiger partial charge in [0.1, 0.15) is 6.42 Å². The lowest BCUT2D eigenvalue weighted by Gasteiger charge is -2.28. The predicted octanol–water partition coefficient (Wildman–Crippen LogP) is 2.07. The first-order valence-electron chi connectivity index (χ1n) is 7.50. The number of rotatable bonds is 2. The molecule has 2 aliphatic heterocycles. The van der Waals surface area contributed by atoms with Crippen LogP contribution in [0.3, 0.4) is 0 Å². The van der Waals surface area contributed by atoms with Gasteiger partial charge in [-0.05, 0) is 12.0 Å². The number of carbonyl (C=O) groups is 2. The van der Waals surface area contributed by atoms with Gasteiger partial charge in [0.25, 0.3) is 0 Å². The zero-order valence-corrected chi connectivity index (χ0v) is 12.4. The Hall–Kier alpha value is -2.05. The van der Waals surface area contributed by atoms with Crippen LogP contribution in [-0.2, 0) is 9.59 Å². The summed E-state index contributed by atoms with van der Waals surface area (Å²) in [5, 5.41) is 2.81. The molecule has 1 aromatic carbocycles. The van der Waals surface area contributed by atoms with Gasteiger partial charge in [0.15, 0.2) is 0 Å². The van der Waals surface area contributed by atoms with Crippen molar-refractivity contribution in [3.8, 4) is 0 Å². The second kappa shape index (κ2) is 5.54. The van der Waals surface area contributed by atoms with Crippen LogP contribution in [0.4, 0.5) is 13.2 Å². The molecule has 0 saturated carbocycles. The van der Waals surface area contributed by atoms with Crippen molar-refractivity contribution in [3.05, 3.63) is 35.9 Å². The van der Waals surface area contributed by atoms with Crippen molar-refractivity contribution in [3.63, 3.8) is 0 Å². The minimum atomic E-state index is -4.52. The van der Waals surface area contributed by atoms with Gasteiger partial charge in [-0.3, -0.25) is 9.59 Å². The standard InChI is InChI=1S/C16H17F3N2O2/c17-16(18,19)8-13(22)21-7-6-15(10-21)12(9-20-14(15)23)11-4-2-1-3-5-11/h1-5,12H,6-10H2,(H,20,23)/t12-,15+/m1/s1. The lowest BCUT2D eigenvalue weighted by atomic mass is 9.73. The lowest BCUT2D eigenvalue weighted by molar-refractivity contribution is -0.160. The van der Waals surface area contributed by atoms with Crippen molar-refractivity contribution < 1.29 is 22.8 Å². The van der Waals surface area contributed by atoms with Gasteiger partial charge in [-0.1, -0.05) is 30.3 Å². The van der Waals surface area contributed by atoms with Crippen molar-refractivity contribution in [2.24, 2.45) is 5.41 Å². The number of alkyl halides is 3. The Morgan fingerprint density at radius 1 is 1.30 bits per heavy atom. The zero-order chi connectivity index (χ0) is 16.7. The fraction of sp³-hybridized carbons (Fsp3) is 0.500. The molecule has 7 heteroatoms. The number of nitrogens with zero attached hydrogens (tertiary/aromatic N) is 1. The van der Waals surface area contributed by atoms with Crippen LogP contribution < -0.4 is 5.32 Å². The third-order valence-electron chi connectivity index (χ3n) is 4.79. The van der Waals surface area contributed by atoms with Crippen LogP contribution in [0.5, 0.6) is 0 Å². The minimum absolute atomic E-state index is 0.0489. The van der Waals surface area contributed by atoms with E-state index >= 15 is 0 Å². The number of likely N-dealkylation sites (tertiary alicyclic amines) is 1. The van der Waals surface area contributed by atoms with Crippen LogP contribution in [0.25, 0.3) is 0 Å². The Morgan fingerprint density at radius 3 is 2.65 bits per heavy atom. The van der Waals surface area contributed by atoms with E-state index in [1.54, 1.807) is 0 Å². The third-order valence-corrected chi connectivity index (χ3v) is 4.79. The summed E-state index contributed by atoms with van der Waals surface area (Å²) in [4.78, 5) is 25.4. The fourth-order valence-corrected chi connectivity index (χ4v) is 3.65. The van der Waals surface area contributed by atoms with Crippen LogP contribution in [0.2, 0.25) is 0 Å². The molecule has 0 aliphatic carbocycles. The molecule has 0 unspecified atom stereocenters. The molecule has 2 fully saturated rings. The van der Waals surface area contributed by atoms with Crippen molar-refractivity contribution in [2.45, 2.75) is 24.9 Å². The molecule has 124 valence electrons. The molecule has 3 rings (SSSR count). The first-order chi connectivity index (χ1) is 10.8. The largest absolute Gasteiger partial charge is 0.397 e. The molecule has 2 saturated heterocycles. The molecular weight excluding hydrogens is 309 g/mol. The molecule has 0 bridgehead atoms. The van der Waals surface area contributed by atoms with Crippen molar-refractivity contribution in [2.75, 3.05) is 19.6 Å². The maximum atomic E-state index is 12.4. The molecule has 4 nitrogen and oxygen atoms in total. The van der Waals surface area contributed by atoms with Gasteiger partial charge in [0.05, 0.1) is 5.41 Å². The van der Waals surface area contributed by atoms with Gasteiger partial charge in [-0.25, -0.2) is 0 Å². The molecule has 2 heterocycles. The van der Waals surface area contributed by atoms with E-state index < -0.39 is 23.9 Å². The van der Waals surface area contributed by atoms with E-state index in [1.807, 2.05) is 30.3 Å². The summed E-state index contributed by atoms with van der Waals surface area (Å²) in [6.07, 6.45) is -5.60. The van der Waals surface area contributed by atoms with E-state index in [0.29, 0.717) is 13.0 Å². The molecule has 1 spiro atoms. The highest BCUT2D eigenvalue weighted by molar-refractivity contribution is 5.88. The Bertz CT molecular complexity index is 618. The second-order valence-electron chi connectivity index (χ2n) is 6.19. The van der Waals surface area contributed by atoms with Crippen LogP contribution in [0.15, 0.2) is 30.3 Å². The SMILES string of the molecule is O=C(CC(F)(F)F)N1CC[C@@]2(C1)C(=O)NC[C@@H]2c1ccccc1. The first kappa shape index (κ1) is 15.8. The second-order valence-corrected chi connectivity index (χ2v) is 6.19. The molecule has 2 aliphatic rings. The van der Waals surface area contributed by atoms with Gasteiger partial charge in [-0.15, -0.1) is 0 Å². The maximum Gasteiger partial charge on any atom is 0.397 e. The first-order valence-corrected chi connectivity index (χ1v) is 7.50. The fourth-order valence-electron chi connectivity index (χ4n) is 3.65. The van der Waals surface area contributed by atoms with Gasteiger partial charge in [-0.2, -0.15) is 13.2 Å². The summed E-state index contributed by atoms with van der Waals surface area (Å²) in [5.74, 6) is -1.26. The van der Waals surface area contributed by atoms with E-state index in [2.05, 4.69) is 5.32 Å². The van der Waals surface area contributed by atoms with Gasteiger partial charge < -0.3 is 10.2 Å². The van der Waals surface area contributed by atoms with Crippen molar-refractivity contribution >= 4 is 11.8 Å². The van der Waals surface area contributed by atoms with E-state index in [9.17, 15) is 22.8 Å². The topological polar surface area (TPSA) is 49.4 Å². The van der Waals surface area contributed by atoms with Gasteiger partial charge in [0.2, 0.25) is 11.8 Å². The normalized spacial score (nSPS) is 27.5. The highest BCUT2D eigenvalue weighted by Crippen LogP contribution is 2.47. The molecule has 2 amide bonds. The number of benzene rings is 1. The zero-order valence-electron chi connectivity index (χ0n) is 12.4. The third kappa shape index (κ3) is 2.92. The average Bonchev–Trinajstić information content (AvgIpc) is 3.05. The van der Waals surface area contributed by atoms with E-state index in [-0.39, 0.29) is 24.9 Å². The van der Waals surface area contributed by atoms with Gasteiger partial charge in [0, 0.05) is 25.6 Å². The number of nitrogens with one attached hydrogen (secondary N) is 1. The molecule has 0 radical (unpaired) electrons. The molecule has 1 aromatic rings. The summed E-state index contributed by atoms with van der Waals surface area (Å²) in [6.45, 7) is 0.684. The number of amides is 2. The lowest BCUT2D eigenvalue weighted by Crippen LogP contribution is -2.40. The molecular formula is C16H17F3N2O2. The summed E-state index contributed by atoms with van der Waals surface area (Å²) < 4.78 is 37.3. The molecule has 23 heavy (non-hydrogen) atoms. The number of hydrogen-bond acceptors (Lipinski definition) is 2. The quantitative estimate of drug-likeness (QED) is 0.904. The highest BCUT2D eigenvalue weighted by Gasteiger charge is 2.55. The maximum absolute atomic E-state index is 12.4. The summed E-state index contributed by atoms with van der Waals surface area (Å²) in [6, 6.07) is 9.43. The highest BCUT2D eigenvalue weighted by atomic mass is 19.4. The Kier molecular flexibility index (Phi) is 3.82. The monoisotopic (exact) mass is 326 g/mol. The van der Waals surface area contributed by atoms with Crippen molar-refractivity contribution in [1.82, 2.24) is 10.2 Å². The van der Waals surface area contributed by atoms with Crippen LogP contribution in [0, 0.1) is 5.41 Å². The van der Waals surface area contributed by atoms with Gasteiger partial charge >= 0.3 is 6.18 Å². The summed E-state index contributed by atoms with van der Waals surface area (Å²) in [5.41, 5.74) is 0.152. The summed E-state index contributed by atoms with van der Waals surface area (Å²) in [7, 11) is 0. The molecule has 1 N–H and O–H groups in total. The number of hydrogen-bond donors (Lipinski definition) is 1. The van der Waals surface area contributed by atoms with Crippen LogP contribution in [-0.4, -0.2) is 42.5 Å². The van der Waals surface area contributed by atoms with E-state index in [0.717, 1.165) is 5.56 Å².